The molecule has 0 unspecified atom stereocenters. The zero-order valence-electron chi connectivity index (χ0n) is 19.2. The molecule has 2 aromatic rings. The highest BCUT2D eigenvalue weighted by Crippen LogP contribution is 2.18. The molecule has 168 valence electrons. The van der Waals surface area contributed by atoms with Crippen LogP contribution in [0.5, 0.6) is 0 Å². The molecule has 0 aliphatic heterocycles. The van der Waals surface area contributed by atoms with Crippen LogP contribution in [0, 0.1) is 0 Å². The normalized spacial score (nSPS) is 10.7. The first-order valence-electron chi connectivity index (χ1n) is 11.5. The Bertz CT molecular complexity index is 791. The number of unbranched alkanes of at least 4 members (excludes halogenated alkanes) is 6. The van der Waals surface area contributed by atoms with Crippen molar-refractivity contribution in [2.24, 2.45) is 0 Å². The van der Waals surface area contributed by atoms with Gasteiger partial charge in [0, 0.05) is 26.2 Å². The van der Waals surface area contributed by atoms with Crippen LogP contribution in [0.2, 0.25) is 0 Å². The van der Waals surface area contributed by atoms with Crippen LogP contribution in [-0.4, -0.2) is 39.8 Å². The second-order valence-corrected chi connectivity index (χ2v) is 7.96. The number of hydrogen-bond donors (Lipinski definition) is 1. The molecule has 2 aromatic heterocycles. The van der Waals surface area contributed by atoms with Gasteiger partial charge >= 0.3 is 0 Å². The molecule has 6 heteroatoms. The molecule has 0 spiro atoms. The molecule has 2 rings (SSSR count). The van der Waals surface area contributed by atoms with E-state index in [0.29, 0.717) is 22.6 Å². The lowest BCUT2D eigenvalue weighted by atomic mass is 10.1. The molecule has 0 bridgehead atoms. The summed E-state index contributed by atoms with van der Waals surface area (Å²) in [6.07, 6.45) is 12.5. The summed E-state index contributed by atoms with van der Waals surface area (Å²) in [4.78, 5) is 35.0. The number of pyridine rings is 2. The Morgan fingerprint density at radius 3 is 1.84 bits per heavy atom. The molecular weight excluding hydrogens is 388 g/mol. The Hall–Kier alpha value is -2.76. The van der Waals surface area contributed by atoms with Gasteiger partial charge in [0.05, 0.1) is 28.8 Å². The van der Waals surface area contributed by atoms with Crippen LogP contribution in [0.25, 0.3) is 11.4 Å². The second kappa shape index (κ2) is 13.5. The molecule has 6 nitrogen and oxygen atoms in total. The van der Waals surface area contributed by atoms with Crippen molar-refractivity contribution in [1.29, 1.82) is 0 Å². The maximum absolute atomic E-state index is 13.1. The fourth-order valence-corrected chi connectivity index (χ4v) is 3.45. The van der Waals surface area contributed by atoms with E-state index in [1.165, 1.54) is 32.6 Å². The zero-order chi connectivity index (χ0) is 22.5. The number of nitrogens with zero attached hydrogens (tertiary/aromatic N) is 3. The third kappa shape index (κ3) is 8.48. The summed E-state index contributed by atoms with van der Waals surface area (Å²) >= 11 is 0. The minimum atomic E-state index is -0.135. The molecule has 0 saturated heterocycles. The van der Waals surface area contributed by atoms with Crippen molar-refractivity contribution in [2.75, 3.05) is 18.4 Å². The van der Waals surface area contributed by atoms with Crippen molar-refractivity contribution < 1.29 is 9.59 Å². The second-order valence-electron chi connectivity index (χ2n) is 7.96. The van der Waals surface area contributed by atoms with E-state index >= 15 is 0 Å². The Balaban J connectivity index is 2.03. The molecule has 31 heavy (non-hydrogen) atoms. The summed E-state index contributed by atoms with van der Waals surface area (Å²) < 4.78 is 0. The quantitative estimate of drug-likeness (QED) is 0.418. The number of anilines is 1. The fraction of sp³-hybridized carbons (Fsp3) is 0.520. The Morgan fingerprint density at radius 2 is 1.39 bits per heavy atom. The van der Waals surface area contributed by atoms with E-state index in [9.17, 15) is 9.59 Å². The van der Waals surface area contributed by atoms with Crippen LogP contribution in [0.3, 0.4) is 0 Å². The van der Waals surface area contributed by atoms with Crippen molar-refractivity contribution in [1.82, 2.24) is 14.9 Å². The van der Waals surface area contributed by atoms with Crippen LogP contribution in [0.4, 0.5) is 5.69 Å². The van der Waals surface area contributed by atoms with Gasteiger partial charge in [-0.05, 0) is 37.1 Å². The van der Waals surface area contributed by atoms with Crippen LogP contribution in [-0.2, 0) is 4.79 Å². The predicted octanol–water partition coefficient (Wildman–Crippen LogP) is 5.70. The molecule has 0 aromatic carbocycles. The first kappa shape index (κ1) is 24.5. The molecule has 2 amide bonds. The van der Waals surface area contributed by atoms with Crippen LogP contribution in [0.15, 0.2) is 36.7 Å². The van der Waals surface area contributed by atoms with Crippen molar-refractivity contribution in [2.45, 2.75) is 72.1 Å². The van der Waals surface area contributed by atoms with Gasteiger partial charge in [-0.1, -0.05) is 52.4 Å². The lowest BCUT2D eigenvalue weighted by molar-refractivity contribution is -0.114. The molecule has 1 N–H and O–H groups in total. The van der Waals surface area contributed by atoms with Gasteiger partial charge in [0.15, 0.2) is 0 Å². The summed E-state index contributed by atoms with van der Waals surface area (Å²) in [7, 11) is 0. The third-order valence-electron chi connectivity index (χ3n) is 5.21. The number of aromatic nitrogens is 2. The van der Waals surface area contributed by atoms with Crippen LogP contribution in [0.1, 0.15) is 82.5 Å². The van der Waals surface area contributed by atoms with Gasteiger partial charge in [-0.25, -0.2) is 0 Å². The predicted molar refractivity (Wildman–Crippen MR) is 126 cm³/mol. The highest BCUT2D eigenvalue weighted by atomic mass is 16.2. The summed E-state index contributed by atoms with van der Waals surface area (Å²) in [5, 5.41) is 2.70. The minimum Gasteiger partial charge on any atom is -0.339 e. The van der Waals surface area contributed by atoms with E-state index in [1.807, 2.05) is 23.1 Å². The first-order valence-corrected chi connectivity index (χ1v) is 11.5. The first-order chi connectivity index (χ1) is 15.0. The number of amides is 2. The summed E-state index contributed by atoms with van der Waals surface area (Å²) in [6.45, 7) is 7.46. The lowest BCUT2D eigenvalue weighted by Crippen LogP contribution is -2.33. The SMILES string of the molecule is CCCCCCN(CCCCCC)C(=O)c1ccc(-c2ccc(NC(C)=O)cn2)nc1. The summed E-state index contributed by atoms with van der Waals surface area (Å²) in [6, 6.07) is 7.26. The van der Waals surface area contributed by atoms with Gasteiger partial charge in [-0.2, -0.15) is 0 Å². The standard InChI is InChI=1S/C25H36N4O2/c1-4-6-8-10-16-29(17-11-9-7-5-2)25(31)21-12-14-23(26-18-21)24-15-13-22(19-27-24)28-20(3)30/h12-15,18-19H,4-11,16-17H2,1-3H3,(H,28,30). The fourth-order valence-electron chi connectivity index (χ4n) is 3.45. The summed E-state index contributed by atoms with van der Waals surface area (Å²) in [5.74, 6) is -0.0782. The maximum Gasteiger partial charge on any atom is 0.255 e. The van der Waals surface area contributed by atoms with E-state index < -0.39 is 0 Å². The van der Waals surface area contributed by atoms with Gasteiger partial charge in [-0.15, -0.1) is 0 Å². The summed E-state index contributed by atoms with van der Waals surface area (Å²) in [5.41, 5.74) is 2.65. The molecule has 0 aliphatic rings. The van der Waals surface area contributed by atoms with Gasteiger partial charge in [-0.3, -0.25) is 19.6 Å². The number of nitrogens with one attached hydrogen (secondary N) is 1. The molecule has 0 radical (unpaired) electrons. The third-order valence-corrected chi connectivity index (χ3v) is 5.21. The Kier molecular flexibility index (Phi) is 10.7. The largest absolute Gasteiger partial charge is 0.339 e. The van der Waals surface area contributed by atoms with Gasteiger partial charge in [0.1, 0.15) is 0 Å². The monoisotopic (exact) mass is 424 g/mol. The number of carbonyl (C=O) groups is 2. The van der Waals surface area contributed by atoms with E-state index in [2.05, 4.69) is 29.1 Å². The average molecular weight is 425 g/mol. The van der Waals surface area contributed by atoms with E-state index in [4.69, 9.17) is 0 Å². The van der Waals surface area contributed by atoms with Crippen molar-refractivity contribution in [3.05, 3.63) is 42.2 Å². The topological polar surface area (TPSA) is 75.2 Å². The molecule has 0 atom stereocenters. The van der Waals surface area contributed by atoms with Gasteiger partial charge in [0.2, 0.25) is 5.91 Å². The zero-order valence-corrected chi connectivity index (χ0v) is 19.2. The smallest absolute Gasteiger partial charge is 0.255 e. The van der Waals surface area contributed by atoms with E-state index in [0.717, 1.165) is 38.8 Å². The molecular formula is C25H36N4O2. The molecule has 0 saturated carbocycles. The number of rotatable bonds is 13. The highest BCUT2D eigenvalue weighted by molar-refractivity contribution is 5.94. The van der Waals surface area contributed by atoms with Crippen molar-refractivity contribution in [3.8, 4) is 11.4 Å². The molecule has 2 heterocycles. The van der Waals surface area contributed by atoms with Crippen molar-refractivity contribution >= 4 is 17.5 Å². The highest BCUT2D eigenvalue weighted by Gasteiger charge is 2.16. The Labute approximate surface area is 186 Å². The average Bonchev–Trinajstić information content (AvgIpc) is 2.78. The number of carbonyl (C=O) groups excluding carboxylic acids is 2. The minimum absolute atomic E-state index is 0.0565. The van der Waals surface area contributed by atoms with E-state index in [-0.39, 0.29) is 11.8 Å². The van der Waals surface area contributed by atoms with Gasteiger partial charge < -0.3 is 10.2 Å². The van der Waals surface area contributed by atoms with Gasteiger partial charge in [0.25, 0.3) is 5.91 Å². The van der Waals surface area contributed by atoms with Crippen molar-refractivity contribution in [3.63, 3.8) is 0 Å². The maximum atomic E-state index is 13.1. The molecule has 0 aliphatic carbocycles. The van der Waals surface area contributed by atoms with Crippen LogP contribution < -0.4 is 5.32 Å². The number of hydrogen-bond acceptors (Lipinski definition) is 4. The van der Waals surface area contributed by atoms with Crippen LogP contribution >= 0.6 is 0 Å². The van der Waals surface area contributed by atoms with E-state index in [1.54, 1.807) is 18.5 Å². The lowest BCUT2D eigenvalue weighted by Gasteiger charge is -2.23. The Morgan fingerprint density at radius 1 is 0.806 bits per heavy atom. The molecule has 0 fully saturated rings.